The summed E-state index contributed by atoms with van der Waals surface area (Å²) in [5.41, 5.74) is -0.245. The number of aromatic nitrogens is 1. The highest BCUT2D eigenvalue weighted by atomic mass is 16.6. The van der Waals surface area contributed by atoms with Gasteiger partial charge in [-0.1, -0.05) is 0 Å². The van der Waals surface area contributed by atoms with E-state index in [2.05, 4.69) is 10.3 Å². The monoisotopic (exact) mass is 211 g/mol. The molecule has 0 radical (unpaired) electrons. The number of carbonyl (C=O) groups is 1. The van der Waals surface area contributed by atoms with Gasteiger partial charge in [0.15, 0.2) is 0 Å². The molecule has 0 spiro atoms. The maximum absolute atomic E-state index is 10.6. The highest BCUT2D eigenvalue weighted by molar-refractivity contribution is 5.77. The van der Waals surface area contributed by atoms with Crippen LogP contribution in [0.3, 0.4) is 0 Å². The molecule has 0 bridgehead atoms. The Hall–Kier alpha value is -2.18. The molecule has 15 heavy (non-hydrogen) atoms. The summed E-state index contributed by atoms with van der Waals surface area (Å²) in [5.74, 6) is -1.15. The topological polar surface area (TPSA) is 105 Å². The lowest BCUT2D eigenvalue weighted by atomic mass is 10.3. The van der Waals surface area contributed by atoms with Gasteiger partial charge in [0.2, 0.25) is 5.82 Å². The van der Waals surface area contributed by atoms with Crippen molar-refractivity contribution in [2.75, 3.05) is 5.32 Å². The van der Waals surface area contributed by atoms with Crippen LogP contribution in [-0.4, -0.2) is 27.0 Å². The Kier molecular flexibility index (Phi) is 3.17. The summed E-state index contributed by atoms with van der Waals surface area (Å²) in [7, 11) is 0. The Bertz CT molecular complexity index is 393. The summed E-state index contributed by atoms with van der Waals surface area (Å²) in [6.45, 7) is 1.38. The largest absolute Gasteiger partial charge is 0.480 e. The van der Waals surface area contributed by atoms with Crippen LogP contribution in [0, 0.1) is 10.1 Å². The summed E-state index contributed by atoms with van der Waals surface area (Å²) in [6, 6.07) is 1.73. The molecule has 7 heteroatoms. The molecule has 0 unspecified atom stereocenters. The van der Waals surface area contributed by atoms with Gasteiger partial charge in [-0.2, -0.15) is 0 Å². The lowest BCUT2D eigenvalue weighted by Crippen LogP contribution is -2.26. The van der Waals surface area contributed by atoms with E-state index in [0.29, 0.717) is 0 Å². The van der Waals surface area contributed by atoms with E-state index in [1.54, 1.807) is 0 Å². The number of aliphatic carboxylic acids is 1. The number of carboxylic acids is 1. The summed E-state index contributed by atoms with van der Waals surface area (Å²) >= 11 is 0. The molecule has 1 heterocycles. The minimum atomic E-state index is -1.10. The molecule has 2 N–H and O–H groups in total. The third-order valence-corrected chi connectivity index (χ3v) is 1.71. The molecule has 1 aromatic heterocycles. The number of nitrogens with one attached hydrogen (secondary N) is 1. The normalized spacial score (nSPS) is 11.8. The van der Waals surface area contributed by atoms with Crippen molar-refractivity contribution in [3.63, 3.8) is 0 Å². The molecular formula is C8H9N3O4. The Balaban J connectivity index is 2.94. The number of nitrogens with zero attached hydrogens (tertiary/aromatic N) is 2. The number of nitro groups is 1. The van der Waals surface area contributed by atoms with Gasteiger partial charge < -0.3 is 10.4 Å². The number of hydrogen-bond donors (Lipinski definition) is 2. The first-order valence-corrected chi connectivity index (χ1v) is 4.11. The SMILES string of the molecule is C[C@@H](Nc1ncccc1[N+](=O)[O-])C(=O)O. The van der Waals surface area contributed by atoms with Crippen molar-refractivity contribution in [2.24, 2.45) is 0 Å². The zero-order valence-corrected chi connectivity index (χ0v) is 7.88. The zero-order valence-electron chi connectivity index (χ0n) is 7.88. The van der Waals surface area contributed by atoms with Crippen molar-refractivity contribution in [3.05, 3.63) is 28.4 Å². The fraction of sp³-hybridized carbons (Fsp3) is 0.250. The van der Waals surface area contributed by atoms with E-state index < -0.39 is 16.9 Å². The molecule has 0 aliphatic rings. The Morgan fingerprint density at radius 1 is 1.73 bits per heavy atom. The molecule has 80 valence electrons. The predicted molar refractivity (Wildman–Crippen MR) is 51.6 cm³/mol. The highest BCUT2D eigenvalue weighted by Gasteiger charge is 2.18. The third-order valence-electron chi connectivity index (χ3n) is 1.71. The van der Waals surface area contributed by atoms with Gasteiger partial charge in [0.1, 0.15) is 6.04 Å². The quantitative estimate of drug-likeness (QED) is 0.565. The van der Waals surface area contributed by atoms with Gasteiger partial charge in [0.05, 0.1) is 4.92 Å². The van der Waals surface area contributed by atoms with Gasteiger partial charge in [-0.05, 0) is 13.0 Å². The Morgan fingerprint density at radius 2 is 2.40 bits per heavy atom. The smallest absolute Gasteiger partial charge is 0.325 e. The lowest BCUT2D eigenvalue weighted by molar-refractivity contribution is -0.384. The molecular weight excluding hydrogens is 202 g/mol. The van der Waals surface area contributed by atoms with E-state index >= 15 is 0 Å². The van der Waals surface area contributed by atoms with Crippen LogP contribution in [0.1, 0.15) is 6.92 Å². The van der Waals surface area contributed by atoms with Crippen LogP contribution < -0.4 is 5.32 Å². The van der Waals surface area contributed by atoms with Crippen molar-refractivity contribution < 1.29 is 14.8 Å². The molecule has 0 fully saturated rings. The molecule has 0 saturated carbocycles. The minimum Gasteiger partial charge on any atom is -0.480 e. The summed E-state index contributed by atoms with van der Waals surface area (Å²) in [5, 5.41) is 21.6. The van der Waals surface area contributed by atoms with E-state index in [-0.39, 0.29) is 11.5 Å². The number of pyridine rings is 1. The molecule has 0 amide bonds. The molecule has 0 aliphatic carbocycles. The number of hydrogen-bond acceptors (Lipinski definition) is 5. The van der Waals surface area contributed by atoms with Crippen molar-refractivity contribution in [1.82, 2.24) is 4.98 Å². The summed E-state index contributed by atoms with van der Waals surface area (Å²) in [4.78, 5) is 24.2. The van der Waals surface area contributed by atoms with Crippen molar-refractivity contribution in [2.45, 2.75) is 13.0 Å². The van der Waals surface area contributed by atoms with E-state index in [4.69, 9.17) is 5.11 Å². The van der Waals surface area contributed by atoms with Gasteiger partial charge in [0.25, 0.3) is 0 Å². The van der Waals surface area contributed by atoms with Crippen LogP contribution in [-0.2, 0) is 4.79 Å². The standard InChI is InChI=1S/C8H9N3O4/c1-5(8(12)13)10-7-6(11(14)15)3-2-4-9-7/h2-5H,1H3,(H,9,10)(H,12,13)/t5-/m1/s1. The first kappa shape index (κ1) is 10.9. The average Bonchev–Trinajstić information content (AvgIpc) is 2.18. The van der Waals surface area contributed by atoms with Crippen LogP contribution in [0.5, 0.6) is 0 Å². The van der Waals surface area contributed by atoms with Gasteiger partial charge in [-0.3, -0.25) is 14.9 Å². The molecule has 1 atom stereocenters. The Morgan fingerprint density at radius 3 is 2.93 bits per heavy atom. The van der Waals surface area contributed by atoms with E-state index in [0.717, 1.165) is 0 Å². The molecule has 1 rings (SSSR count). The highest BCUT2D eigenvalue weighted by Crippen LogP contribution is 2.20. The van der Waals surface area contributed by atoms with E-state index in [9.17, 15) is 14.9 Å². The van der Waals surface area contributed by atoms with Crippen molar-refractivity contribution in [1.29, 1.82) is 0 Å². The molecule has 1 aromatic rings. The number of carboxylic acid groups (broad SMARTS) is 1. The predicted octanol–water partition coefficient (Wildman–Crippen LogP) is 0.875. The molecule has 0 aliphatic heterocycles. The van der Waals surface area contributed by atoms with Gasteiger partial charge in [-0.25, -0.2) is 4.98 Å². The second kappa shape index (κ2) is 4.36. The van der Waals surface area contributed by atoms with Gasteiger partial charge in [0, 0.05) is 12.3 Å². The van der Waals surface area contributed by atoms with Crippen molar-refractivity contribution >= 4 is 17.5 Å². The van der Waals surface area contributed by atoms with Crippen LogP contribution in [0.2, 0.25) is 0 Å². The number of anilines is 1. The van der Waals surface area contributed by atoms with Crippen LogP contribution >= 0.6 is 0 Å². The Labute approximate surface area is 84.9 Å². The second-order valence-corrected chi connectivity index (χ2v) is 2.83. The van der Waals surface area contributed by atoms with E-state index in [1.807, 2.05) is 0 Å². The third kappa shape index (κ3) is 2.63. The van der Waals surface area contributed by atoms with Gasteiger partial charge in [-0.15, -0.1) is 0 Å². The maximum Gasteiger partial charge on any atom is 0.325 e. The first-order chi connectivity index (χ1) is 7.02. The summed E-state index contributed by atoms with van der Waals surface area (Å²) in [6.07, 6.45) is 1.35. The number of rotatable bonds is 4. The lowest BCUT2D eigenvalue weighted by Gasteiger charge is -2.09. The molecule has 0 saturated heterocycles. The van der Waals surface area contributed by atoms with Crippen molar-refractivity contribution in [3.8, 4) is 0 Å². The van der Waals surface area contributed by atoms with Crippen LogP contribution in [0.25, 0.3) is 0 Å². The molecule has 7 nitrogen and oxygen atoms in total. The maximum atomic E-state index is 10.6. The zero-order chi connectivity index (χ0) is 11.4. The average molecular weight is 211 g/mol. The first-order valence-electron chi connectivity index (χ1n) is 4.11. The fourth-order valence-corrected chi connectivity index (χ4v) is 0.922. The summed E-state index contributed by atoms with van der Waals surface area (Å²) < 4.78 is 0. The van der Waals surface area contributed by atoms with Crippen LogP contribution in [0.4, 0.5) is 11.5 Å². The van der Waals surface area contributed by atoms with Gasteiger partial charge >= 0.3 is 11.7 Å². The van der Waals surface area contributed by atoms with E-state index in [1.165, 1.54) is 25.3 Å². The molecule has 0 aromatic carbocycles. The van der Waals surface area contributed by atoms with Crippen LogP contribution in [0.15, 0.2) is 18.3 Å². The fourth-order valence-electron chi connectivity index (χ4n) is 0.922. The minimum absolute atomic E-state index is 0.0441. The second-order valence-electron chi connectivity index (χ2n) is 2.83.